The Morgan fingerprint density at radius 3 is 3.00 bits per heavy atom. The third kappa shape index (κ3) is 2.00. The van der Waals surface area contributed by atoms with Crippen LogP contribution in [0.25, 0.3) is 11.0 Å². The Hall–Kier alpha value is -2.48. The Morgan fingerprint density at radius 1 is 1.56 bits per heavy atom. The molecule has 0 aliphatic carbocycles. The molecule has 0 saturated heterocycles. The van der Waals surface area contributed by atoms with Crippen molar-refractivity contribution >= 4 is 16.9 Å². The van der Waals surface area contributed by atoms with Gasteiger partial charge in [-0.25, -0.2) is 0 Å². The maximum Gasteiger partial charge on any atom is 0.288 e. The van der Waals surface area contributed by atoms with Crippen molar-refractivity contribution in [2.45, 2.75) is 6.92 Å². The fourth-order valence-electron chi connectivity index (χ4n) is 1.74. The molecule has 0 aliphatic heterocycles. The molecule has 1 aromatic heterocycles. The lowest BCUT2D eigenvalue weighted by atomic mass is 10.1. The molecule has 1 N–H and O–H groups in total. The number of fused-ring (bicyclic) bond motifs is 1. The van der Waals surface area contributed by atoms with Gasteiger partial charge in [-0.15, -0.1) is 0 Å². The molecule has 5 heteroatoms. The molecule has 1 aromatic carbocycles. The van der Waals surface area contributed by atoms with Gasteiger partial charge >= 0.3 is 0 Å². The fourth-order valence-corrected chi connectivity index (χ4v) is 1.74. The van der Waals surface area contributed by atoms with Gasteiger partial charge in [0.2, 0.25) is 0 Å². The van der Waals surface area contributed by atoms with Crippen LogP contribution in [0.5, 0.6) is 5.75 Å². The molecule has 92 valence electrons. The number of ether oxygens (including phenoxy) is 1. The molecule has 0 saturated carbocycles. The number of furan rings is 1. The molecule has 1 amide bonds. The summed E-state index contributed by atoms with van der Waals surface area (Å²) in [5.41, 5.74) is 1.36. The lowest BCUT2D eigenvalue weighted by Crippen LogP contribution is -2.23. The first-order valence-electron chi connectivity index (χ1n) is 5.39. The fraction of sp³-hybridized carbons (Fsp3) is 0.231. The topological polar surface area (TPSA) is 75.3 Å². The van der Waals surface area contributed by atoms with Gasteiger partial charge in [0, 0.05) is 10.9 Å². The molecule has 0 unspecified atom stereocenters. The monoisotopic (exact) mass is 244 g/mol. The summed E-state index contributed by atoms with van der Waals surface area (Å²) in [7, 11) is 1.58. The van der Waals surface area contributed by atoms with Crippen LogP contribution >= 0.6 is 0 Å². The normalized spacial score (nSPS) is 10.1. The van der Waals surface area contributed by atoms with Crippen LogP contribution in [0.3, 0.4) is 0 Å². The quantitative estimate of drug-likeness (QED) is 0.838. The van der Waals surface area contributed by atoms with Crippen molar-refractivity contribution < 1.29 is 13.9 Å². The molecular formula is C13H12N2O3. The number of aryl methyl sites for hydroxylation is 1. The molecule has 0 bridgehead atoms. The van der Waals surface area contributed by atoms with Crippen molar-refractivity contribution in [3.05, 3.63) is 29.5 Å². The summed E-state index contributed by atoms with van der Waals surface area (Å²) in [6, 6.07) is 7.18. The van der Waals surface area contributed by atoms with Crippen molar-refractivity contribution in [3.63, 3.8) is 0 Å². The molecule has 0 spiro atoms. The van der Waals surface area contributed by atoms with Gasteiger partial charge in [0.1, 0.15) is 17.9 Å². The number of rotatable bonds is 3. The maximum absolute atomic E-state index is 11.8. The summed E-state index contributed by atoms with van der Waals surface area (Å²) < 4.78 is 10.6. The Balaban J connectivity index is 2.44. The van der Waals surface area contributed by atoms with Crippen molar-refractivity contribution in [2.75, 3.05) is 13.7 Å². The van der Waals surface area contributed by atoms with E-state index in [0.717, 1.165) is 10.9 Å². The van der Waals surface area contributed by atoms with E-state index in [1.165, 1.54) is 0 Å². The highest BCUT2D eigenvalue weighted by molar-refractivity contribution is 5.99. The highest BCUT2D eigenvalue weighted by Crippen LogP contribution is 2.28. The lowest BCUT2D eigenvalue weighted by Gasteiger charge is -1.98. The third-order valence-electron chi connectivity index (χ3n) is 2.68. The molecule has 18 heavy (non-hydrogen) atoms. The second-order valence-corrected chi connectivity index (χ2v) is 3.76. The van der Waals surface area contributed by atoms with E-state index in [1.807, 2.05) is 12.1 Å². The van der Waals surface area contributed by atoms with Crippen LogP contribution < -0.4 is 10.1 Å². The minimum atomic E-state index is -0.385. The van der Waals surface area contributed by atoms with Gasteiger partial charge in [0.25, 0.3) is 5.91 Å². The van der Waals surface area contributed by atoms with Gasteiger partial charge in [-0.1, -0.05) is 0 Å². The van der Waals surface area contributed by atoms with Crippen molar-refractivity contribution in [3.8, 4) is 11.8 Å². The van der Waals surface area contributed by atoms with Gasteiger partial charge in [-0.2, -0.15) is 5.26 Å². The molecule has 2 rings (SSSR count). The lowest BCUT2D eigenvalue weighted by molar-refractivity contribution is 0.0932. The minimum absolute atomic E-state index is 0.0430. The average molecular weight is 244 g/mol. The van der Waals surface area contributed by atoms with Crippen LogP contribution in [0.1, 0.15) is 16.1 Å². The third-order valence-corrected chi connectivity index (χ3v) is 2.68. The van der Waals surface area contributed by atoms with E-state index < -0.39 is 0 Å². The Morgan fingerprint density at radius 2 is 2.33 bits per heavy atom. The first kappa shape index (κ1) is 12.0. The molecule has 0 fully saturated rings. The molecular weight excluding hydrogens is 232 g/mol. The van der Waals surface area contributed by atoms with Gasteiger partial charge in [-0.05, 0) is 25.1 Å². The summed E-state index contributed by atoms with van der Waals surface area (Å²) in [5.74, 6) is 0.549. The number of amides is 1. The van der Waals surface area contributed by atoms with E-state index in [-0.39, 0.29) is 18.2 Å². The highest BCUT2D eigenvalue weighted by atomic mass is 16.5. The summed E-state index contributed by atoms with van der Waals surface area (Å²) in [5, 5.41) is 11.7. The van der Waals surface area contributed by atoms with E-state index >= 15 is 0 Å². The van der Waals surface area contributed by atoms with Gasteiger partial charge in [0.05, 0.1) is 13.2 Å². The van der Waals surface area contributed by atoms with Crippen LogP contribution in [0.2, 0.25) is 0 Å². The van der Waals surface area contributed by atoms with Crippen LogP contribution in [0, 0.1) is 18.3 Å². The number of hydrogen-bond donors (Lipinski definition) is 1. The predicted molar refractivity (Wildman–Crippen MR) is 65.4 cm³/mol. The van der Waals surface area contributed by atoms with Crippen LogP contribution in [0.4, 0.5) is 0 Å². The molecule has 1 heterocycles. The Kier molecular flexibility index (Phi) is 3.20. The number of nitriles is 1. The van der Waals surface area contributed by atoms with Gasteiger partial charge in [0.15, 0.2) is 5.76 Å². The maximum atomic E-state index is 11.8. The predicted octanol–water partition coefficient (Wildman–Crippen LogP) is 2.00. The Bertz CT molecular complexity index is 637. The zero-order chi connectivity index (χ0) is 13.1. The van der Waals surface area contributed by atoms with Crippen molar-refractivity contribution in [1.29, 1.82) is 5.26 Å². The second-order valence-electron chi connectivity index (χ2n) is 3.76. The van der Waals surface area contributed by atoms with E-state index in [0.29, 0.717) is 11.3 Å². The number of nitrogens with one attached hydrogen (secondary N) is 1. The number of carbonyl (C=O) groups is 1. The minimum Gasteiger partial charge on any atom is -0.497 e. The van der Waals surface area contributed by atoms with Crippen LogP contribution in [-0.4, -0.2) is 19.6 Å². The molecule has 2 aromatic rings. The number of methoxy groups -OCH3 is 1. The van der Waals surface area contributed by atoms with Gasteiger partial charge in [-0.3, -0.25) is 4.79 Å². The molecule has 0 radical (unpaired) electrons. The van der Waals surface area contributed by atoms with Crippen LogP contribution in [-0.2, 0) is 0 Å². The Labute approximate surface area is 104 Å². The van der Waals surface area contributed by atoms with E-state index in [1.54, 1.807) is 26.2 Å². The van der Waals surface area contributed by atoms with E-state index in [2.05, 4.69) is 5.32 Å². The average Bonchev–Trinajstić information content (AvgIpc) is 2.73. The molecule has 5 nitrogen and oxygen atoms in total. The number of carbonyl (C=O) groups excluding carboxylic acids is 1. The summed E-state index contributed by atoms with van der Waals surface area (Å²) >= 11 is 0. The standard InChI is InChI=1S/C13H12N2O3/c1-8-10-7-9(17-2)3-4-11(10)18-12(8)13(16)15-6-5-14/h3-4,7H,6H2,1-2H3,(H,15,16). The highest BCUT2D eigenvalue weighted by Gasteiger charge is 2.17. The van der Waals surface area contributed by atoms with Gasteiger partial charge < -0.3 is 14.5 Å². The van der Waals surface area contributed by atoms with Crippen molar-refractivity contribution in [1.82, 2.24) is 5.32 Å². The summed E-state index contributed by atoms with van der Waals surface area (Å²) in [6.45, 7) is 1.76. The summed E-state index contributed by atoms with van der Waals surface area (Å²) in [4.78, 5) is 11.8. The smallest absolute Gasteiger partial charge is 0.288 e. The molecule has 0 atom stereocenters. The van der Waals surface area contributed by atoms with E-state index in [4.69, 9.17) is 14.4 Å². The first-order chi connectivity index (χ1) is 8.67. The van der Waals surface area contributed by atoms with Crippen molar-refractivity contribution in [2.24, 2.45) is 0 Å². The first-order valence-corrected chi connectivity index (χ1v) is 5.39. The largest absolute Gasteiger partial charge is 0.497 e. The number of nitrogens with zero attached hydrogens (tertiary/aromatic N) is 1. The number of hydrogen-bond acceptors (Lipinski definition) is 4. The second kappa shape index (κ2) is 4.80. The SMILES string of the molecule is COc1ccc2oc(C(=O)NCC#N)c(C)c2c1. The number of benzene rings is 1. The van der Waals surface area contributed by atoms with Crippen LogP contribution in [0.15, 0.2) is 22.6 Å². The molecule has 0 aliphatic rings. The zero-order valence-corrected chi connectivity index (χ0v) is 10.1. The van der Waals surface area contributed by atoms with E-state index in [9.17, 15) is 4.79 Å². The summed E-state index contributed by atoms with van der Waals surface area (Å²) in [6.07, 6.45) is 0. The zero-order valence-electron chi connectivity index (χ0n) is 10.1.